The van der Waals surface area contributed by atoms with Crippen molar-refractivity contribution in [3.8, 4) is 11.4 Å². The molecule has 9 heteroatoms. The summed E-state index contributed by atoms with van der Waals surface area (Å²) in [5.41, 5.74) is 0.873. The van der Waals surface area contributed by atoms with Gasteiger partial charge < -0.3 is 13.9 Å². The number of rotatable bonds is 8. The molecule has 1 aliphatic rings. The zero-order valence-electron chi connectivity index (χ0n) is 15.6. The number of aromatic nitrogens is 5. The normalized spacial score (nSPS) is 15.2. The van der Waals surface area contributed by atoms with Crippen molar-refractivity contribution >= 4 is 11.8 Å². The topological polar surface area (TPSA) is 61.0 Å². The Hall–Kier alpha value is -2.23. The molecule has 0 bridgehead atoms. The van der Waals surface area contributed by atoms with Gasteiger partial charge in [0, 0.05) is 56.4 Å². The van der Waals surface area contributed by atoms with Gasteiger partial charge in [-0.15, -0.1) is 10.2 Å². The summed E-state index contributed by atoms with van der Waals surface area (Å²) < 4.78 is 22.9. The first-order valence-electron chi connectivity index (χ1n) is 9.37. The van der Waals surface area contributed by atoms with Crippen LogP contribution in [-0.2, 0) is 17.8 Å². The van der Waals surface area contributed by atoms with E-state index in [0.717, 1.165) is 68.2 Å². The fourth-order valence-electron chi connectivity index (χ4n) is 3.14. The van der Waals surface area contributed by atoms with E-state index in [1.54, 1.807) is 30.1 Å². The van der Waals surface area contributed by atoms with E-state index in [4.69, 9.17) is 4.74 Å². The molecule has 0 unspecified atom stereocenters. The molecule has 0 amide bonds. The van der Waals surface area contributed by atoms with Crippen LogP contribution in [0.5, 0.6) is 0 Å². The molecule has 1 fully saturated rings. The number of ether oxygens (including phenoxy) is 1. The Morgan fingerprint density at radius 3 is 2.61 bits per heavy atom. The molecule has 1 aliphatic heterocycles. The molecular formula is C19H23FN6OS. The Morgan fingerprint density at radius 2 is 1.86 bits per heavy atom. The second kappa shape index (κ2) is 9.31. The molecule has 0 saturated carbocycles. The molecule has 4 rings (SSSR count). The van der Waals surface area contributed by atoms with Gasteiger partial charge in [0.2, 0.25) is 0 Å². The van der Waals surface area contributed by atoms with Crippen molar-refractivity contribution in [1.82, 2.24) is 29.2 Å². The zero-order chi connectivity index (χ0) is 19.2. The van der Waals surface area contributed by atoms with Crippen LogP contribution < -0.4 is 0 Å². The predicted octanol–water partition coefficient (Wildman–Crippen LogP) is 2.41. The molecule has 2 aromatic heterocycles. The highest BCUT2D eigenvalue weighted by Crippen LogP contribution is 2.24. The average molecular weight is 402 g/mol. The van der Waals surface area contributed by atoms with E-state index >= 15 is 0 Å². The molecule has 28 heavy (non-hydrogen) atoms. The van der Waals surface area contributed by atoms with Crippen molar-refractivity contribution in [2.24, 2.45) is 0 Å². The molecule has 3 aromatic rings. The van der Waals surface area contributed by atoms with Gasteiger partial charge in [0.05, 0.1) is 19.5 Å². The van der Waals surface area contributed by atoms with E-state index in [1.165, 1.54) is 12.1 Å². The summed E-state index contributed by atoms with van der Waals surface area (Å²) in [4.78, 5) is 6.46. The lowest BCUT2D eigenvalue weighted by Crippen LogP contribution is -2.38. The van der Waals surface area contributed by atoms with Crippen molar-refractivity contribution in [2.75, 3.05) is 38.6 Å². The minimum atomic E-state index is -0.252. The summed E-state index contributed by atoms with van der Waals surface area (Å²) in [5, 5.41) is 9.70. The Morgan fingerprint density at radius 1 is 1.04 bits per heavy atom. The smallest absolute Gasteiger partial charge is 0.191 e. The first-order valence-corrected chi connectivity index (χ1v) is 10.4. The fourth-order valence-corrected chi connectivity index (χ4v) is 4.05. The van der Waals surface area contributed by atoms with E-state index in [0.29, 0.717) is 0 Å². The van der Waals surface area contributed by atoms with Crippen molar-refractivity contribution < 1.29 is 9.13 Å². The maximum Gasteiger partial charge on any atom is 0.191 e. The number of nitrogens with zero attached hydrogens (tertiary/aromatic N) is 6. The van der Waals surface area contributed by atoms with Gasteiger partial charge in [0.1, 0.15) is 5.82 Å². The first kappa shape index (κ1) is 19.1. The summed E-state index contributed by atoms with van der Waals surface area (Å²) in [5.74, 6) is 1.39. The first-order chi connectivity index (χ1) is 13.8. The number of benzene rings is 1. The molecule has 3 heterocycles. The number of morpholine rings is 1. The van der Waals surface area contributed by atoms with E-state index in [2.05, 4.69) is 24.6 Å². The summed E-state index contributed by atoms with van der Waals surface area (Å²) in [6, 6.07) is 6.43. The molecule has 0 atom stereocenters. The fraction of sp³-hybridized carbons (Fsp3) is 0.421. The highest BCUT2D eigenvalue weighted by Gasteiger charge is 2.17. The van der Waals surface area contributed by atoms with Gasteiger partial charge in [0.25, 0.3) is 0 Å². The number of halogens is 1. The van der Waals surface area contributed by atoms with Crippen LogP contribution in [0.4, 0.5) is 4.39 Å². The van der Waals surface area contributed by atoms with Crippen LogP contribution in [0.15, 0.2) is 48.1 Å². The molecule has 148 valence electrons. The molecule has 0 radical (unpaired) electrons. The highest BCUT2D eigenvalue weighted by atomic mass is 32.2. The largest absolute Gasteiger partial charge is 0.379 e. The van der Waals surface area contributed by atoms with E-state index < -0.39 is 0 Å². The number of aryl methyl sites for hydroxylation is 1. The molecule has 1 aromatic carbocycles. The minimum Gasteiger partial charge on any atom is -0.379 e. The maximum absolute atomic E-state index is 13.3. The standard InChI is InChI=1S/C19H23FN6OS/c20-17-3-1-16(2-4-17)18-22-23-19(28-14-11-25-6-5-21-15-25)26(18)8-7-24-9-12-27-13-10-24/h1-6,15H,7-14H2. The van der Waals surface area contributed by atoms with Crippen molar-refractivity contribution in [2.45, 2.75) is 18.2 Å². The van der Waals surface area contributed by atoms with Gasteiger partial charge >= 0.3 is 0 Å². The number of thioether (sulfide) groups is 1. The van der Waals surface area contributed by atoms with Gasteiger partial charge in [-0.2, -0.15) is 0 Å². The second-order valence-corrected chi connectivity index (χ2v) is 7.63. The summed E-state index contributed by atoms with van der Waals surface area (Å²) in [6.07, 6.45) is 5.55. The van der Waals surface area contributed by atoms with Crippen LogP contribution in [0.1, 0.15) is 0 Å². The Bertz CT molecular complexity index is 861. The minimum absolute atomic E-state index is 0.252. The van der Waals surface area contributed by atoms with Crippen LogP contribution >= 0.6 is 11.8 Å². The third-order valence-electron chi connectivity index (χ3n) is 4.70. The number of imidazole rings is 1. The lowest BCUT2D eigenvalue weighted by atomic mass is 10.2. The van der Waals surface area contributed by atoms with Gasteiger partial charge in [-0.25, -0.2) is 9.37 Å². The molecule has 1 saturated heterocycles. The Kier molecular flexibility index (Phi) is 6.35. The molecule has 0 N–H and O–H groups in total. The third kappa shape index (κ3) is 4.78. The van der Waals surface area contributed by atoms with Crippen molar-refractivity contribution in [3.63, 3.8) is 0 Å². The lowest BCUT2D eigenvalue weighted by Gasteiger charge is -2.27. The van der Waals surface area contributed by atoms with Gasteiger partial charge in [-0.1, -0.05) is 11.8 Å². The van der Waals surface area contributed by atoms with Crippen LogP contribution in [0.3, 0.4) is 0 Å². The van der Waals surface area contributed by atoms with Crippen LogP contribution in [0.25, 0.3) is 11.4 Å². The molecule has 0 spiro atoms. The van der Waals surface area contributed by atoms with E-state index in [1.807, 2.05) is 17.1 Å². The number of hydrogen-bond donors (Lipinski definition) is 0. The van der Waals surface area contributed by atoms with E-state index in [-0.39, 0.29) is 5.82 Å². The molecule has 0 aliphatic carbocycles. The lowest BCUT2D eigenvalue weighted by molar-refractivity contribution is 0.0361. The second-order valence-electron chi connectivity index (χ2n) is 6.57. The third-order valence-corrected chi connectivity index (χ3v) is 5.65. The maximum atomic E-state index is 13.3. The Labute approximate surface area is 167 Å². The van der Waals surface area contributed by atoms with Gasteiger partial charge in [-0.05, 0) is 24.3 Å². The monoisotopic (exact) mass is 402 g/mol. The Balaban J connectivity index is 1.49. The van der Waals surface area contributed by atoms with Gasteiger partial charge in [0.15, 0.2) is 11.0 Å². The van der Waals surface area contributed by atoms with Gasteiger partial charge in [-0.3, -0.25) is 4.90 Å². The van der Waals surface area contributed by atoms with Crippen molar-refractivity contribution in [1.29, 1.82) is 0 Å². The van der Waals surface area contributed by atoms with Crippen LogP contribution in [-0.4, -0.2) is 67.8 Å². The highest BCUT2D eigenvalue weighted by molar-refractivity contribution is 7.99. The van der Waals surface area contributed by atoms with Crippen LogP contribution in [0.2, 0.25) is 0 Å². The SMILES string of the molecule is Fc1ccc(-c2nnc(SCCn3ccnc3)n2CCN2CCOCC2)cc1. The molecular weight excluding hydrogens is 379 g/mol. The average Bonchev–Trinajstić information content (AvgIpc) is 3.38. The summed E-state index contributed by atoms with van der Waals surface area (Å²) in [7, 11) is 0. The van der Waals surface area contributed by atoms with Crippen LogP contribution in [0, 0.1) is 5.82 Å². The predicted molar refractivity (Wildman–Crippen MR) is 106 cm³/mol. The quantitative estimate of drug-likeness (QED) is 0.539. The van der Waals surface area contributed by atoms with E-state index in [9.17, 15) is 4.39 Å². The van der Waals surface area contributed by atoms with Crippen molar-refractivity contribution in [3.05, 3.63) is 48.8 Å². The number of hydrogen-bond acceptors (Lipinski definition) is 6. The zero-order valence-corrected chi connectivity index (χ0v) is 16.4. The summed E-state index contributed by atoms with van der Waals surface area (Å²) >= 11 is 1.67. The summed E-state index contributed by atoms with van der Waals surface area (Å²) in [6.45, 7) is 5.98. The molecule has 7 nitrogen and oxygen atoms in total.